The fourth-order valence-electron chi connectivity index (χ4n) is 3.19. The summed E-state index contributed by atoms with van der Waals surface area (Å²) in [5.41, 5.74) is 1.30. The lowest BCUT2D eigenvalue weighted by atomic mass is 10.1. The molecule has 1 atom stereocenters. The van der Waals surface area contributed by atoms with Crippen molar-refractivity contribution < 1.29 is 28.9 Å². The quantitative estimate of drug-likeness (QED) is 0.365. The van der Waals surface area contributed by atoms with Crippen molar-refractivity contribution in [3.63, 3.8) is 0 Å². The van der Waals surface area contributed by atoms with Gasteiger partial charge in [-0.15, -0.1) is 0 Å². The Morgan fingerprint density at radius 2 is 1.79 bits per heavy atom. The predicted molar refractivity (Wildman–Crippen MR) is 133 cm³/mol. The summed E-state index contributed by atoms with van der Waals surface area (Å²) >= 11 is 6.68. The van der Waals surface area contributed by atoms with Gasteiger partial charge < -0.3 is 19.3 Å². The molecular formula is C24H25NO6S2. The van der Waals surface area contributed by atoms with Crippen molar-refractivity contribution in [2.45, 2.75) is 33.3 Å². The highest BCUT2D eigenvalue weighted by molar-refractivity contribution is 8.27. The summed E-state index contributed by atoms with van der Waals surface area (Å²) in [6.45, 7) is 6.28. The molecule has 0 radical (unpaired) electrons. The molecule has 2 aromatic rings. The Morgan fingerprint density at radius 1 is 1.09 bits per heavy atom. The third kappa shape index (κ3) is 5.66. The van der Waals surface area contributed by atoms with Gasteiger partial charge in [-0.25, -0.2) is 4.79 Å². The molecule has 0 aromatic heterocycles. The zero-order valence-corrected chi connectivity index (χ0v) is 20.2. The summed E-state index contributed by atoms with van der Waals surface area (Å²) < 4.78 is 17.4. The number of thiocarbonyl (C=S) groups is 1. The number of anilines is 1. The number of amides is 1. The molecule has 0 saturated carbocycles. The van der Waals surface area contributed by atoms with Crippen molar-refractivity contribution in [1.82, 2.24) is 0 Å². The van der Waals surface area contributed by atoms with Crippen LogP contribution in [0.15, 0.2) is 47.4 Å². The molecular weight excluding hydrogens is 462 g/mol. The van der Waals surface area contributed by atoms with Crippen LogP contribution >= 0.6 is 24.0 Å². The summed E-state index contributed by atoms with van der Waals surface area (Å²) in [5.74, 6) is 0.0403. The Labute approximate surface area is 202 Å². The second-order valence-electron chi connectivity index (χ2n) is 6.91. The van der Waals surface area contributed by atoms with Gasteiger partial charge in [-0.05, 0) is 56.2 Å². The molecule has 1 unspecified atom stereocenters. The number of para-hydroxylation sites is 2. The summed E-state index contributed by atoms with van der Waals surface area (Å²) in [5, 5.41) is 9.28. The van der Waals surface area contributed by atoms with Crippen LogP contribution in [0.4, 0.5) is 5.69 Å². The standard InChI is InChI=1S/C24H25NO6S2/c1-4-17(23(27)28)31-19-12-11-15(13-20(19)30-6-3)14-21-22(26)25(24(32)33-21)16-9-7-8-10-18(16)29-5-2/h7-14,17H,4-6H2,1-3H3,(H,27,28)/b21-14+. The third-order valence-corrected chi connectivity index (χ3v) is 5.98. The number of carbonyl (C=O) groups excluding carboxylic acids is 1. The molecule has 174 valence electrons. The number of thioether (sulfide) groups is 1. The minimum Gasteiger partial charge on any atom is -0.492 e. The number of rotatable bonds is 10. The van der Waals surface area contributed by atoms with Crippen molar-refractivity contribution >= 4 is 51.9 Å². The van der Waals surface area contributed by atoms with E-state index in [0.717, 1.165) is 0 Å². The van der Waals surface area contributed by atoms with Crippen LogP contribution in [-0.2, 0) is 9.59 Å². The van der Waals surface area contributed by atoms with Gasteiger partial charge in [0.1, 0.15) is 5.75 Å². The highest BCUT2D eigenvalue weighted by atomic mass is 32.2. The van der Waals surface area contributed by atoms with Gasteiger partial charge in [-0.3, -0.25) is 9.69 Å². The molecule has 1 aliphatic rings. The molecule has 1 heterocycles. The highest BCUT2D eigenvalue weighted by Gasteiger charge is 2.35. The first-order valence-corrected chi connectivity index (χ1v) is 11.8. The van der Waals surface area contributed by atoms with E-state index < -0.39 is 12.1 Å². The molecule has 0 bridgehead atoms. The summed E-state index contributed by atoms with van der Waals surface area (Å²) in [4.78, 5) is 26.5. The van der Waals surface area contributed by atoms with Crippen LogP contribution in [0, 0.1) is 0 Å². The zero-order valence-electron chi connectivity index (χ0n) is 18.6. The molecule has 9 heteroatoms. The van der Waals surface area contributed by atoms with Crippen molar-refractivity contribution in [3.8, 4) is 17.2 Å². The van der Waals surface area contributed by atoms with E-state index in [2.05, 4.69) is 0 Å². The van der Waals surface area contributed by atoms with Crippen LogP contribution < -0.4 is 19.1 Å². The fourth-order valence-corrected chi connectivity index (χ4v) is 4.47. The lowest BCUT2D eigenvalue weighted by Crippen LogP contribution is -2.28. The van der Waals surface area contributed by atoms with Crippen LogP contribution in [-0.4, -0.2) is 40.6 Å². The van der Waals surface area contributed by atoms with E-state index in [-0.39, 0.29) is 5.91 Å². The Kier molecular flexibility index (Phi) is 8.35. The number of aliphatic carboxylic acids is 1. The van der Waals surface area contributed by atoms with Crippen molar-refractivity contribution in [2.24, 2.45) is 0 Å². The normalized spacial score (nSPS) is 15.6. The lowest BCUT2D eigenvalue weighted by Gasteiger charge is -2.18. The molecule has 0 aliphatic carbocycles. The van der Waals surface area contributed by atoms with Gasteiger partial charge in [0.05, 0.1) is 23.8 Å². The largest absolute Gasteiger partial charge is 0.492 e. The van der Waals surface area contributed by atoms with E-state index in [0.29, 0.717) is 57.4 Å². The van der Waals surface area contributed by atoms with Gasteiger partial charge in [-0.2, -0.15) is 0 Å². The van der Waals surface area contributed by atoms with Gasteiger partial charge >= 0.3 is 5.97 Å². The molecule has 1 N–H and O–H groups in total. The monoisotopic (exact) mass is 487 g/mol. The van der Waals surface area contributed by atoms with E-state index >= 15 is 0 Å². The van der Waals surface area contributed by atoms with Crippen LogP contribution in [0.3, 0.4) is 0 Å². The lowest BCUT2D eigenvalue weighted by molar-refractivity contribution is -0.145. The number of hydrogen-bond donors (Lipinski definition) is 1. The van der Waals surface area contributed by atoms with Crippen molar-refractivity contribution in [1.29, 1.82) is 0 Å². The average molecular weight is 488 g/mol. The van der Waals surface area contributed by atoms with E-state index in [9.17, 15) is 14.7 Å². The Bertz CT molecular complexity index is 1080. The summed E-state index contributed by atoms with van der Waals surface area (Å²) in [6.07, 6.45) is 1.06. The van der Waals surface area contributed by atoms with E-state index in [4.69, 9.17) is 26.4 Å². The van der Waals surface area contributed by atoms with Gasteiger partial charge in [0.25, 0.3) is 5.91 Å². The molecule has 1 aliphatic heterocycles. The summed E-state index contributed by atoms with van der Waals surface area (Å²) in [7, 11) is 0. The van der Waals surface area contributed by atoms with Crippen molar-refractivity contribution in [2.75, 3.05) is 18.1 Å². The second kappa shape index (κ2) is 11.2. The van der Waals surface area contributed by atoms with Crippen LogP contribution in [0.5, 0.6) is 17.2 Å². The number of carbonyl (C=O) groups is 2. The molecule has 1 amide bonds. The number of nitrogens with zero attached hydrogens (tertiary/aromatic N) is 1. The fraction of sp³-hybridized carbons (Fsp3) is 0.292. The predicted octanol–water partition coefficient (Wildman–Crippen LogP) is 5.13. The molecule has 33 heavy (non-hydrogen) atoms. The molecule has 3 rings (SSSR count). The Balaban J connectivity index is 1.90. The molecule has 1 fully saturated rings. The minimum absolute atomic E-state index is 0.243. The molecule has 7 nitrogen and oxygen atoms in total. The smallest absolute Gasteiger partial charge is 0.344 e. The maximum absolute atomic E-state index is 13.2. The maximum atomic E-state index is 13.2. The van der Waals surface area contributed by atoms with Crippen LogP contribution in [0.25, 0.3) is 6.08 Å². The Morgan fingerprint density at radius 3 is 2.45 bits per heavy atom. The first-order chi connectivity index (χ1) is 15.9. The summed E-state index contributed by atoms with van der Waals surface area (Å²) in [6, 6.07) is 12.4. The van der Waals surface area contributed by atoms with E-state index in [1.54, 1.807) is 43.3 Å². The highest BCUT2D eigenvalue weighted by Crippen LogP contribution is 2.40. The Hall–Kier alpha value is -3.04. The van der Waals surface area contributed by atoms with Crippen LogP contribution in [0.2, 0.25) is 0 Å². The van der Waals surface area contributed by atoms with Gasteiger partial charge in [0.15, 0.2) is 21.9 Å². The van der Waals surface area contributed by atoms with Gasteiger partial charge in [-0.1, -0.05) is 49.1 Å². The maximum Gasteiger partial charge on any atom is 0.344 e. The molecule has 1 saturated heterocycles. The first kappa shape index (κ1) is 24.6. The van der Waals surface area contributed by atoms with Gasteiger partial charge in [0, 0.05) is 0 Å². The first-order valence-electron chi connectivity index (χ1n) is 10.6. The molecule has 0 spiro atoms. The number of carboxylic acid groups (broad SMARTS) is 1. The SMILES string of the molecule is CCOc1cc(/C=C2/SC(=S)N(c3ccccc3OCC)C2=O)ccc1OC(CC)C(=O)O. The number of hydrogen-bond acceptors (Lipinski definition) is 7. The van der Waals surface area contributed by atoms with E-state index in [1.807, 2.05) is 26.0 Å². The van der Waals surface area contributed by atoms with Crippen molar-refractivity contribution in [3.05, 3.63) is 52.9 Å². The molecule has 2 aromatic carbocycles. The number of benzene rings is 2. The van der Waals surface area contributed by atoms with Crippen LogP contribution in [0.1, 0.15) is 32.8 Å². The average Bonchev–Trinajstić information content (AvgIpc) is 3.06. The number of ether oxygens (including phenoxy) is 3. The topological polar surface area (TPSA) is 85.3 Å². The zero-order chi connectivity index (χ0) is 24.0. The van der Waals surface area contributed by atoms with Gasteiger partial charge in [0.2, 0.25) is 0 Å². The minimum atomic E-state index is -1.04. The second-order valence-corrected chi connectivity index (χ2v) is 8.59. The number of carboxylic acids is 1. The third-order valence-electron chi connectivity index (χ3n) is 4.68. The van der Waals surface area contributed by atoms with E-state index in [1.165, 1.54) is 16.7 Å².